The zero-order valence-corrected chi connectivity index (χ0v) is 33.4. The van der Waals surface area contributed by atoms with Crippen LogP contribution in [-0.2, 0) is 16.1 Å². The van der Waals surface area contributed by atoms with Gasteiger partial charge in [-0.1, -0.05) is 45.4 Å². The summed E-state index contributed by atoms with van der Waals surface area (Å²) in [7, 11) is 0. The number of piperidine rings is 2. The predicted octanol–water partition coefficient (Wildman–Crippen LogP) is 7.42. The summed E-state index contributed by atoms with van der Waals surface area (Å²) >= 11 is 6.26. The highest BCUT2D eigenvalue weighted by atomic mass is 35.5. The first kappa shape index (κ1) is 38.0. The fourth-order valence-corrected chi connectivity index (χ4v) is 10.9. The highest BCUT2D eigenvalue weighted by Gasteiger charge is 2.63. The molecular formula is C45H50ClN5O5. The molecule has 1 aliphatic carbocycles. The van der Waals surface area contributed by atoms with Crippen LogP contribution in [0, 0.1) is 39.9 Å². The molecule has 3 aromatic carbocycles. The zero-order valence-electron chi connectivity index (χ0n) is 32.6. The number of ketones is 1. The third kappa shape index (κ3) is 6.82. The molecule has 8 rings (SSSR count). The number of amides is 3. The highest BCUT2D eigenvalue weighted by Crippen LogP contribution is 2.62. The lowest BCUT2D eigenvalue weighted by Crippen LogP contribution is -2.66. The molecule has 1 atom stereocenters. The molecule has 0 radical (unpaired) electrons. The fraction of sp³-hybridized carbons (Fsp3) is 0.489. The summed E-state index contributed by atoms with van der Waals surface area (Å²) in [5, 5.41) is 12.0. The summed E-state index contributed by atoms with van der Waals surface area (Å²) in [5.41, 5.74) is 4.59. The molecule has 4 aliphatic heterocycles. The molecule has 1 saturated carbocycles. The summed E-state index contributed by atoms with van der Waals surface area (Å²) in [6, 6.07) is 20.7. The Labute approximate surface area is 334 Å². The SMILES string of the molecule is CC1(C)C(CC(=O)c2ccc(N3CCC(CC4CN(c5cccc6c5CN(C5CCC(=O)NC5=O)C6=O)C4)CC3)cc2)C(C)(C)C1Oc1ccc(C#N)c(Cl)c1. The Kier molecular flexibility index (Phi) is 9.89. The summed E-state index contributed by atoms with van der Waals surface area (Å²) in [6.07, 6.45) is 4.42. The number of carbonyl (C=O) groups is 4. The zero-order chi connectivity index (χ0) is 39.5. The van der Waals surface area contributed by atoms with Crippen molar-refractivity contribution in [2.24, 2.45) is 28.6 Å². The van der Waals surface area contributed by atoms with Crippen LogP contribution >= 0.6 is 11.6 Å². The standard InChI is InChI=1S/C45H50ClN5O5/c1-44(2)39(45(3,4)43(44)56-32-13-10-30(23-47)35(46)21-32)22-38(52)29-8-11-31(12-9-29)49-18-16-27(17-19-49)20-28-24-50(25-28)36-7-5-6-33-34(36)26-51(42(33)55)37-14-15-40(53)48-41(37)54/h5-13,21,27-28,37,39,43H,14-20,22,24-26H2,1-4H3,(H,48,53,54). The fourth-order valence-electron chi connectivity index (χ4n) is 10.7. The number of hydrogen-bond donors (Lipinski definition) is 1. The van der Waals surface area contributed by atoms with Gasteiger partial charge in [-0.3, -0.25) is 24.5 Å². The maximum absolute atomic E-state index is 13.6. The lowest BCUT2D eigenvalue weighted by molar-refractivity contribution is -0.196. The Morgan fingerprint density at radius 2 is 1.64 bits per heavy atom. The normalized spacial score (nSPS) is 24.5. The van der Waals surface area contributed by atoms with Crippen molar-refractivity contribution >= 4 is 46.5 Å². The number of halogens is 1. The molecule has 10 nitrogen and oxygen atoms in total. The molecule has 4 heterocycles. The number of rotatable bonds is 10. The van der Waals surface area contributed by atoms with Crippen molar-refractivity contribution in [3.8, 4) is 11.8 Å². The molecule has 11 heteroatoms. The van der Waals surface area contributed by atoms with Gasteiger partial charge in [-0.15, -0.1) is 0 Å². The van der Waals surface area contributed by atoms with E-state index in [0.29, 0.717) is 53.1 Å². The molecule has 5 aliphatic rings. The minimum Gasteiger partial charge on any atom is -0.489 e. The second-order valence-corrected chi connectivity index (χ2v) is 18.2. The Hall–Kier alpha value is -4.88. The van der Waals surface area contributed by atoms with Crippen LogP contribution < -0.4 is 19.9 Å². The summed E-state index contributed by atoms with van der Waals surface area (Å²) in [6.45, 7) is 13.0. The number of nitrogens with one attached hydrogen (secondary N) is 1. The molecular weight excluding hydrogens is 726 g/mol. The molecule has 0 bridgehead atoms. The van der Waals surface area contributed by atoms with E-state index < -0.39 is 6.04 Å². The largest absolute Gasteiger partial charge is 0.489 e. The van der Waals surface area contributed by atoms with Gasteiger partial charge in [-0.05, 0) is 92.0 Å². The quantitative estimate of drug-likeness (QED) is 0.167. The average Bonchev–Trinajstić information content (AvgIpc) is 3.50. The van der Waals surface area contributed by atoms with Gasteiger partial charge in [-0.2, -0.15) is 5.26 Å². The minimum absolute atomic E-state index is 0.109. The van der Waals surface area contributed by atoms with Gasteiger partial charge >= 0.3 is 0 Å². The predicted molar refractivity (Wildman–Crippen MR) is 215 cm³/mol. The van der Waals surface area contributed by atoms with Crippen molar-refractivity contribution in [3.05, 3.63) is 87.9 Å². The average molecular weight is 776 g/mol. The van der Waals surface area contributed by atoms with Crippen molar-refractivity contribution in [1.29, 1.82) is 5.26 Å². The molecule has 1 unspecified atom stereocenters. The van der Waals surface area contributed by atoms with E-state index in [1.807, 2.05) is 24.3 Å². The maximum Gasteiger partial charge on any atom is 0.255 e. The van der Waals surface area contributed by atoms with Gasteiger partial charge in [0.1, 0.15) is 24.0 Å². The summed E-state index contributed by atoms with van der Waals surface area (Å²) in [4.78, 5) is 57.5. The lowest BCUT2D eigenvalue weighted by atomic mass is 9.44. The van der Waals surface area contributed by atoms with Crippen LogP contribution in [0.2, 0.25) is 5.02 Å². The van der Waals surface area contributed by atoms with Gasteiger partial charge in [0.25, 0.3) is 5.91 Å². The molecule has 1 N–H and O–H groups in total. The lowest BCUT2D eigenvalue weighted by Gasteiger charge is -2.63. The Bertz CT molecular complexity index is 2100. The third-order valence-corrected chi connectivity index (χ3v) is 13.9. The van der Waals surface area contributed by atoms with Crippen LogP contribution in [0.25, 0.3) is 0 Å². The molecule has 4 fully saturated rings. The van der Waals surface area contributed by atoms with Crippen molar-refractivity contribution in [1.82, 2.24) is 10.2 Å². The molecule has 3 amide bonds. The minimum atomic E-state index is -0.604. The summed E-state index contributed by atoms with van der Waals surface area (Å²) < 4.78 is 6.42. The number of ether oxygens (including phenoxy) is 1. The van der Waals surface area contributed by atoms with Crippen LogP contribution in [-0.4, -0.2) is 66.7 Å². The van der Waals surface area contributed by atoms with Gasteiger partial charge < -0.3 is 19.4 Å². The van der Waals surface area contributed by atoms with E-state index in [-0.39, 0.29) is 52.8 Å². The van der Waals surface area contributed by atoms with E-state index in [4.69, 9.17) is 16.3 Å². The first-order chi connectivity index (χ1) is 26.7. The first-order valence-corrected chi connectivity index (χ1v) is 20.4. The van der Waals surface area contributed by atoms with E-state index >= 15 is 0 Å². The monoisotopic (exact) mass is 775 g/mol. The number of benzene rings is 3. The number of nitrogens with zero attached hydrogens (tertiary/aromatic N) is 4. The number of imide groups is 1. The number of hydrogen-bond acceptors (Lipinski definition) is 8. The molecule has 292 valence electrons. The van der Waals surface area contributed by atoms with Gasteiger partial charge in [0, 0.05) is 90.5 Å². The van der Waals surface area contributed by atoms with Crippen molar-refractivity contribution in [2.45, 2.75) is 84.9 Å². The van der Waals surface area contributed by atoms with Crippen molar-refractivity contribution in [2.75, 3.05) is 36.0 Å². The smallest absolute Gasteiger partial charge is 0.255 e. The molecule has 3 aromatic rings. The van der Waals surface area contributed by atoms with E-state index in [9.17, 15) is 24.4 Å². The Balaban J connectivity index is 0.800. The third-order valence-electron chi connectivity index (χ3n) is 13.5. The van der Waals surface area contributed by atoms with Crippen LogP contribution in [0.1, 0.15) is 98.1 Å². The summed E-state index contributed by atoms with van der Waals surface area (Å²) in [5.74, 6) is 1.41. The van der Waals surface area contributed by atoms with E-state index in [1.54, 1.807) is 23.1 Å². The molecule has 0 spiro atoms. The van der Waals surface area contributed by atoms with E-state index in [0.717, 1.165) is 61.5 Å². The second-order valence-electron chi connectivity index (χ2n) is 17.8. The van der Waals surface area contributed by atoms with Crippen molar-refractivity contribution < 1.29 is 23.9 Å². The second kappa shape index (κ2) is 14.6. The Morgan fingerprint density at radius 3 is 2.30 bits per heavy atom. The number of fused-ring (bicyclic) bond motifs is 1. The van der Waals surface area contributed by atoms with Crippen LogP contribution in [0.15, 0.2) is 60.7 Å². The molecule has 56 heavy (non-hydrogen) atoms. The number of Topliss-reactive ketones (excluding diaryl/α,β-unsaturated/α-hetero) is 1. The van der Waals surface area contributed by atoms with Crippen LogP contribution in [0.3, 0.4) is 0 Å². The Morgan fingerprint density at radius 1 is 0.929 bits per heavy atom. The van der Waals surface area contributed by atoms with Gasteiger partial charge in [0.05, 0.1) is 10.6 Å². The molecule has 3 saturated heterocycles. The van der Waals surface area contributed by atoms with Crippen LogP contribution in [0.4, 0.5) is 11.4 Å². The maximum atomic E-state index is 13.6. The molecule has 0 aromatic heterocycles. The number of carbonyl (C=O) groups excluding carboxylic acids is 4. The van der Waals surface area contributed by atoms with Gasteiger partial charge in [0.2, 0.25) is 11.8 Å². The van der Waals surface area contributed by atoms with Gasteiger partial charge in [0.15, 0.2) is 5.78 Å². The highest BCUT2D eigenvalue weighted by molar-refractivity contribution is 6.31. The van der Waals surface area contributed by atoms with E-state index in [2.05, 4.69) is 67.1 Å². The van der Waals surface area contributed by atoms with Crippen molar-refractivity contribution in [3.63, 3.8) is 0 Å². The van der Waals surface area contributed by atoms with Gasteiger partial charge in [-0.25, -0.2) is 0 Å². The number of nitriles is 1. The van der Waals surface area contributed by atoms with Crippen LogP contribution in [0.5, 0.6) is 5.75 Å². The topological polar surface area (TPSA) is 123 Å². The van der Waals surface area contributed by atoms with E-state index in [1.165, 1.54) is 6.42 Å². The number of anilines is 2. The first-order valence-electron chi connectivity index (χ1n) is 20.0.